The normalized spacial score (nSPS) is 15.2. The lowest BCUT2D eigenvalue weighted by molar-refractivity contribution is 0.0494. The number of rotatable bonds is 10. The predicted molar refractivity (Wildman–Crippen MR) is 127 cm³/mol. The number of aliphatic hydroxyl groups is 1. The highest BCUT2D eigenvalue weighted by atomic mass is 32.2. The van der Waals surface area contributed by atoms with Crippen molar-refractivity contribution in [3.05, 3.63) is 53.6 Å². The van der Waals surface area contributed by atoms with Gasteiger partial charge in [-0.1, -0.05) is 32.9 Å². The fourth-order valence-corrected chi connectivity index (χ4v) is 5.48. The first-order valence-corrected chi connectivity index (χ1v) is 12.8. The molecule has 0 radical (unpaired) electrons. The van der Waals surface area contributed by atoms with E-state index < -0.39 is 10.0 Å². The molecule has 0 amide bonds. The number of nitrogens with zero attached hydrogens (tertiary/aromatic N) is 1. The van der Waals surface area contributed by atoms with E-state index in [1.54, 1.807) is 12.1 Å². The smallest absolute Gasteiger partial charge is 0.264 e. The molecule has 0 spiro atoms. The molecule has 0 aliphatic carbocycles. The molecular weight excluding hydrogens is 426 g/mol. The Morgan fingerprint density at radius 2 is 1.81 bits per heavy atom. The van der Waals surface area contributed by atoms with Crippen LogP contribution in [0.2, 0.25) is 0 Å². The van der Waals surface area contributed by atoms with Crippen molar-refractivity contribution in [2.24, 2.45) is 11.8 Å². The van der Waals surface area contributed by atoms with Gasteiger partial charge in [0.05, 0.1) is 23.8 Å². The lowest BCUT2D eigenvalue weighted by Gasteiger charge is -2.27. The minimum atomic E-state index is -3.80. The van der Waals surface area contributed by atoms with Gasteiger partial charge >= 0.3 is 0 Å². The first kappa shape index (κ1) is 24.6. The van der Waals surface area contributed by atoms with Crippen LogP contribution in [0.15, 0.2) is 47.4 Å². The second-order valence-electron chi connectivity index (χ2n) is 8.74. The minimum absolute atomic E-state index is 0.148. The highest BCUT2D eigenvalue weighted by Crippen LogP contribution is 2.29. The Morgan fingerprint density at radius 3 is 2.41 bits per heavy atom. The van der Waals surface area contributed by atoms with Crippen LogP contribution in [-0.2, 0) is 27.8 Å². The van der Waals surface area contributed by atoms with Crippen molar-refractivity contribution in [2.45, 2.75) is 51.5 Å². The van der Waals surface area contributed by atoms with Crippen LogP contribution in [0.5, 0.6) is 5.75 Å². The van der Waals surface area contributed by atoms with Gasteiger partial charge in [0.15, 0.2) is 0 Å². The third-order valence-electron chi connectivity index (χ3n) is 5.77. The minimum Gasteiger partial charge on any atom is -0.493 e. The molecule has 0 aromatic heterocycles. The standard InChI is InChI=1S/C25H35NO5S/c1-4-20-5-7-23(8-6-20)26(16-19(2)3)32(28,29)24-9-10-25(22(15-24)17-27)31-18-21-11-13-30-14-12-21/h5-10,15,19,21,27H,4,11-14,16-18H2,1-3H3. The summed E-state index contributed by atoms with van der Waals surface area (Å²) in [5, 5.41) is 9.90. The molecule has 7 heteroatoms. The molecule has 0 saturated carbocycles. The summed E-state index contributed by atoms with van der Waals surface area (Å²) in [6.45, 7) is 8.15. The highest BCUT2D eigenvalue weighted by molar-refractivity contribution is 7.92. The fraction of sp³-hybridized carbons (Fsp3) is 0.520. The molecule has 1 aliphatic heterocycles. The zero-order chi connectivity index (χ0) is 23.1. The van der Waals surface area contributed by atoms with E-state index in [2.05, 4.69) is 6.92 Å². The predicted octanol–water partition coefficient (Wildman–Crippen LogP) is 4.40. The van der Waals surface area contributed by atoms with Gasteiger partial charge in [-0.15, -0.1) is 0 Å². The van der Waals surface area contributed by atoms with Crippen molar-refractivity contribution in [1.29, 1.82) is 0 Å². The molecule has 176 valence electrons. The van der Waals surface area contributed by atoms with Gasteiger partial charge in [-0.05, 0) is 67.0 Å². The summed E-state index contributed by atoms with van der Waals surface area (Å²) in [5.41, 5.74) is 2.27. The van der Waals surface area contributed by atoms with E-state index in [1.165, 1.54) is 10.4 Å². The summed E-state index contributed by atoms with van der Waals surface area (Å²) in [7, 11) is -3.80. The number of benzene rings is 2. The van der Waals surface area contributed by atoms with E-state index in [9.17, 15) is 13.5 Å². The van der Waals surface area contributed by atoms with Gasteiger partial charge in [-0.3, -0.25) is 4.31 Å². The highest BCUT2D eigenvalue weighted by Gasteiger charge is 2.27. The topological polar surface area (TPSA) is 76.1 Å². The third-order valence-corrected chi connectivity index (χ3v) is 7.56. The quantitative estimate of drug-likeness (QED) is 0.568. The molecule has 1 aliphatic rings. The van der Waals surface area contributed by atoms with E-state index in [0.29, 0.717) is 36.1 Å². The summed E-state index contributed by atoms with van der Waals surface area (Å²) in [4.78, 5) is 0.153. The molecule has 0 atom stereocenters. The molecule has 3 rings (SSSR count). The molecule has 2 aromatic rings. The Balaban J connectivity index is 1.86. The average molecular weight is 462 g/mol. The monoisotopic (exact) mass is 461 g/mol. The van der Waals surface area contributed by atoms with Crippen LogP contribution in [0.4, 0.5) is 5.69 Å². The summed E-state index contributed by atoms with van der Waals surface area (Å²) in [6, 6.07) is 12.4. The van der Waals surface area contributed by atoms with Crippen LogP contribution in [0.25, 0.3) is 0 Å². The number of aliphatic hydroxyl groups excluding tert-OH is 1. The maximum absolute atomic E-state index is 13.6. The number of aryl methyl sites for hydroxylation is 1. The summed E-state index contributed by atoms with van der Waals surface area (Å²) in [5.74, 6) is 1.09. The Labute approximate surface area is 192 Å². The molecule has 32 heavy (non-hydrogen) atoms. The lowest BCUT2D eigenvalue weighted by atomic mass is 10.0. The van der Waals surface area contributed by atoms with Crippen molar-refractivity contribution in [1.82, 2.24) is 0 Å². The maximum Gasteiger partial charge on any atom is 0.264 e. The first-order chi connectivity index (χ1) is 15.3. The number of hydrogen-bond acceptors (Lipinski definition) is 5. The summed E-state index contributed by atoms with van der Waals surface area (Å²) in [6.07, 6.45) is 2.79. The van der Waals surface area contributed by atoms with Gasteiger partial charge in [0.1, 0.15) is 5.75 Å². The van der Waals surface area contributed by atoms with Crippen molar-refractivity contribution < 1.29 is 23.0 Å². The maximum atomic E-state index is 13.6. The van der Waals surface area contributed by atoms with Gasteiger partial charge in [-0.2, -0.15) is 0 Å². The number of anilines is 1. The fourth-order valence-electron chi connectivity index (χ4n) is 3.80. The van der Waals surface area contributed by atoms with Crippen molar-refractivity contribution in [2.75, 3.05) is 30.7 Å². The van der Waals surface area contributed by atoms with Crippen molar-refractivity contribution in [3.63, 3.8) is 0 Å². The molecular formula is C25H35NO5S. The average Bonchev–Trinajstić information content (AvgIpc) is 2.81. The molecule has 0 bridgehead atoms. The number of sulfonamides is 1. The molecule has 0 unspecified atom stereocenters. The lowest BCUT2D eigenvalue weighted by Crippen LogP contribution is -2.34. The molecule has 2 aromatic carbocycles. The molecule has 1 fully saturated rings. The number of ether oxygens (including phenoxy) is 2. The van der Waals surface area contributed by atoms with E-state index in [0.717, 1.165) is 38.0 Å². The molecule has 1 N–H and O–H groups in total. The third kappa shape index (κ3) is 6.03. The second kappa shape index (κ2) is 11.2. The van der Waals surface area contributed by atoms with Crippen LogP contribution in [0.1, 0.15) is 44.7 Å². The zero-order valence-corrected chi connectivity index (χ0v) is 20.1. The SMILES string of the molecule is CCc1ccc(N(CC(C)C)S(=O)(=O)c2ccc(OCC3CCOCC3)c(CO)c2)cc1. The number of hydrogen-bond donors (Lipinski definition) is 1. The Kier molecular flexibility index (Phi) is 8.57. The van der Waals surface area contributed by atoms with Crippen molar-refractivity contribution >= 4 is 15.7 Å². The largest absolute Gasteiger partial charge is 0.493 e. The second-order valence-corrected chi connectivity index (χ2v) is 10.6. The van der Waals surface area contributed by atoms with E-state index >= 15 is 0 Å². The zero-order valence-electron chi connectivity index (χ0n) is 19.3. The molecule has 1 saturated heterocycles. The van der Waals surface area contributed by atoms with Crippen LogP contribution in [-0.4, -0.2) is 39.9 Å². The first-order valence-electron chi connectivity index (χ1n) is 11.4. The van der Waals surface area contributed by atoms with Crippen LogP contribution < -0.4 is 9.04 Å². The van der Waals surface area contributed by atoms with Crippen LogP contribution in [0, 0.1) is 11.8 Å². The summed E-state index contributed by atoms with van der Waals surface area (Å²) < 4.78 is 40.0. The Morgan fingerprint density at radius 1 is 1.12 bits per heavy atom. The van der Waals surface area contributed by atoms with Gasteiger partial charge in [0, 0.05) is 25.3 Å². The molecule has 1 heterocycles. The van der Waals surface area contributed by atoms with Gasteiger partial charge in [0.25, 0.3) is 10.0 Å². The summed E-state index contributed by atoms with van der Waals surface area (Å²) >= 11 is 0. The van der Waals surface area contributed by atoms with Crippen molar-refractivity contribution in [3.8, 4) is 5.75 Å². The van der Waals surface area contributed by atoms with Crippen LogP contribution >= 0.6 is 0 Å². The molecule has 6 nitrogen and oxygen atoms in total. The van der Waals surface area contributed by atoms with Crippen LogP contribution in [0.3, 0.4) is 0 Å². The Bertz CT molecular complexity index is 966. The van der Waals surface area contributed by atoms with E-state index in [-0.39, 0.29) is 17.4 Å². The Hall–Kier alpha value is -2.09. The van der Waals surface area contributed by atoms with E-state index in [4.69, 9.17) is 9.47 Å². The van der Waals surface area contributed by atoms with Gasteiger partial charge in [0.2, 0.25) is 0 Å². The van der Waals surface area contributed by atoms with Gasteiger partial charge < -0.3 is 14.6 Å². The van der Waals surface area contributed by atoms with E-state index in [1.807, 2.05) is 38.1 Å². The van der Waals surface area contributed by atoms with Gasteiger partial charge in [-0.25, -0.2) is 8.42 Å².